The van der Waals surface area contributed by atoms with Gasteiger partial charge in [-0.15, -0.1) is 10.2 Å². The van der Waals surface area contributed by atoms with Crippen LogP contribution in [0.2, 0.25) is 0 Å². The van der Waals surface area contributed by atoms with Crippen molar-refractivity contribution < 1.29 is 4.74 Å². The van der Waals surface area contributed by atoms with Gasteiger partial charge in [-0.05, 0) is 18.2 Å². The highest BCUT2D eigenvalue weighted by Crippen LogP contribution is 2.23. The Morgan fingerprint density at radius 1 is 0.812 bits per heavy atom. The minimum absolute atomic E-state index is 0.458. The van der Waals surface area contributed by atoms with E-state index < -0.39 is 0 Å². The molecule has 10 nitrogen and oxygen atoms in total. The number of pyridine rings is 1. The van der Waals surface area contributed by atoms with Crippen LogP contribution in [0.5, 0.6) is 0 Å². The summed E-state index contributed by atoms with van der Waals surface area (Å²) < 4.78 is 9.05. The lowest BCUT2D eigenvalue weighted by atomic mass is 10.2. The van der Waals surface area contributed by atoms with Gasteiger partial charge in [-0.2, -0.15) is 15.1 Å². The molecule has 158 valence electrons. The van der Waals surface area contributed by atoms with Gasteiger partial charge in [-0.25, -0.2) is 9.08 Å². The predicted molar refractivity (Wildman–Crippen MR) is 117 cm³/mol. The standard InChI is InChI=1S/C22H19N9O/c1-2-4-16(5-3-1)18-8-11-30(28-18)22-25-20(29-12-14-32-15-13-29)24-21-27-26-19(31(21)22)17-6-9-23-10-7-17/h1-11H,12-15H2. The maximum Gasteiger partial charge on any atom is 0.261 e. The van der Waals surface area contributed by atoms with Crippen LogP contribution < -0.4 is 4.90 Å². The Hall–Kier alpha value is -4.18. The molecule has 1 aliphatic heterocycles. The quantitative estimate of drug-likeness (QED) is 0.432. The molecule has 1 aromatic carbocycles. The molecule has 1 aliphatic rings. The van der Waals surface area contributed by atoms with E-state index in [1.807, 2.05) is 59.1 Å². The number of rotatable bonds is 4. The zero-order valence-corrected chi connectivity index (χ0v) is 17.1. The molecule has 0 saturated carbocycles. The van der Waals surface area contributed by atoms with Crippen LogP contribution in [0.4, 0.5) is 5.95 Å². The van der Waals surface area contributed by atoms with Crippen LogP contribution in [0.3, 0.4) is 0 Å². The van der Waals surface area contributed by atoms with Crippen LogP contribution in [-0.2, 0) is 4.74 Å². The largest absolute Gasteiger partial charge is 0.378 e. The summed E-state index contributed by atoms with van der Waals surface area (Å²) in [6.45, 7) is 2.71. The zero-order valence-electron chi connectivity index (χ0n) is 17.1. The van der Waals surface area contributed by atoms with Crippen molar-refractivity contribution in [3.8, 4) is 28.6 Å². The molecule has 10 heteroatoms. The number of nitrogens with zero attached hydrogens (tertiary/aromatic N) is 9. The fourth-order valence-electron chi connectivity index (χ4n) is 3.73. The maximum absolute atomic E-state index is 5.48. The molecule has 5 heterocycles. The van der Waals surface area contributed by atoms with Gasteiger partial charge >= 0.3 is 0 Å². The number of fused-ring (bicyclic) bond motifs is 1. The van der Waals surface area contributed by atoms with Crippen LogP contribution in [0.25, 0.3) is 34.4 Å². The Morgan fingerprint density at radius 3 is 2.44 bits per heavy atom. The van der Waals surface area contributed by atoms with Crippen LogP contribution in [0, 0.1) is 0 Å². The Kier molecular flexibility index (Phi) is 4.54. The lowest BCUT2D eigenvalue weighted by Crippen LogP contribution is -2.37. The van der Waals surface area contributed by atoms with Crippen molar-refractivity contribution in [2.24, 2.45) is 0 Å². The fourth-order valence-corrected chi connectivity index (χ4v) is 3.73. The molecule has 4 aromatic heterocycles. The Morgan fingerprint density at radius 2 is 1.62 bits per heavy atom. The van der Waals surface area contributed by atoms with E-state index in [0.717, 1.165) is 29.9 Å². The third-order valence-electron chi connectivity index (χ3n) is 5.34. The summed E-state index contributed by atoms with van der Waals surface area (Å²) in [7, 11) is 0. The van der Waals surface area contributed by atoms with E-state index >= 15 is 0 Å². The minimum atomic E-state index is 0.458. The lowest BCUT2D eigenvalue weighted by molar-refractivity contribution is 0.122. The van der Waals surface area contributed by atoms with Crippen LogP contribution in [-0.4, -0.2) is 65.6 Å². The summed E-state index contributed by atoms with van der Waals surface area (Å²) in [6, 6.07) is 15.8. The molecule has 0 amide bonds. The molecule has 0 radical (unpaired) electrons. The van der Waals surface area contributed by atoms with Gasteiger partial charge in [0, 0.05) is 42.8 Å². The Balaban J connectivity index is 1.54. The highest BCUT2D eigenvalue weighted by atomic mass is 16.5. The van der Waals surface area contributed by atoms with Gasteiger partial charge in [-0.3, -0.25) is 4.98 Å². The molecule has 0 spiro atoms. The van der Waals surface area contributed by atoms with E-state index in [1.54, 1.807) is 17.1 Å². The first kappa shape index (κ1) is 18.6. The molecule has 5 aromatic rings. The summed E-state index contributed by atoms with van der Waals surface area (Å²) in [5.41, 5.74) is 2.75. The zero-order chi connectivity index (χ0) is 21.3. The van der Waals surface area contributed by atoms with Gasteiger partial charge in [-0.1, -0.05) is 30.3 Å². The number of hydrogen-bond donors (Lipinski definition) is 0. The van der Waals surface area contributed by atoms with E-state index in [0.29, 0.717) is 36.7 Å². The van der Waals surface area contributed by atoms with Gasteiger partial charge < -0.3 is 9.64 Å². The van der Waals surface area contributed by atoms with E-state index in [9.17, 15) is 0 Å². The number of ether oxygens (including phenoxy) is 1. The van der Waals surface area contributed by atoms with Crippen molar-refractivity contribution in [1.29, 1.82) is 0 Å². The van der Waals surface area contributed by atoms with E-state index in [1.165, 1.54) is 0 Å². The average Bonchev–Trinajstić information content (AvgIpc) is 3.53. The number of hydrogen-bond acceptors (Lipinski definition) is 8. The first-order valence-electron chi connectivity index (χ1n) is 10.3. The molecule has 0 N–H and O–H groups in total. The summed E-state index contributed by atoms with van der Waals surface area (Å²) in [4.78, 5) is 15.8. The SMILES string of the molecule is c1ccc(-c2ccn(-c3nc(N4CCOCC4)nc4nnc(-c5ccncc5)n34)n2)cc1. The Bertz CT molecular complexity index is 1360. The van der Waals surface area contributed by atoms with Gasteiger partial charge in [0.2, 0.25) is 11.9 Å². The summed E-state index contributed by atoms with van der Waals surface area (Å²) in [5.74, 6) is 2.24. The van der Waals surface area contributed by atoms with Crippen molar-refractivity contribution in [2.75, 3.05) is 31.2 Å². The first-order chi connectivity index (χ1) is 15.9. The van der Waals surface area contributed by atoms with Crippen LogP contribution >= 0.6 is 0 Å². The average molecular weight is 425 g/mol. The van der Waals surface area contributed by atoms with Gasteiger partial charge in [0.15, 0.2) is 5.82 Å². The summed E-state index contributed by atoms with van der Waals surface area (Å²) in [5, 5.41) is 13.5. The topological polar surface area (TPSA) is 99.2 Å². The summed E-state index contributed by atoms with van der Waals surface area (Å²) >= 11 is 0. The molecule has 6 rings (SSSR count). The molecular weight excluding hydrogens is 406 g/mol. The third-order valence-corrected chi connectivity index (χ3v) is 5.34. The lowest BCUT2D eigenvalue weighted by Gasteiger charge is -2.26. The molecule has 0 atom stereocenters. The van der Waals surface area contributed by atoms with Gasteiger partial charge in [0.1, 0.15) is 0 Å². The molecular formula is C22H19N9O. The predicted octanol–water partition coefficient (Wildman–Crippen LogP) is 2.27. The van der Waals surface area contributed by atoms with E-state index in [4.69, 9.17) is 14.8 Å². The van der Waals surface area contributed by atoms with Crippen molar-refractivity contribution in [1.82, 2.24) is 39.3 Å². The normalized spacial score (nSPS) is 14.2. The maximum atomic E-state index is 5.48. The van der Waals surface area contributed by atoms with Crippen molar-refractivity contribution in [2.45, 2.75) is 0 Å². The molecule has 32 heavy (non-hydrogen) atoms. The molecule has 0 unspecified atom stereocenters. The second kappa shape index (κ2) is 7.82. The minimum Gasteiger partial charge on any atom is -0.378 e. The van der Waals surface area contributed by atoms with E-state index in [-0.39, 0.29) is 0 Å². The van der Waals surface area contributed by atoms with E-state index in [2.05, 4.69) is 25.1 Å². The smallest absolute Gasteiger partial charge is 0.261 e. The monoisotopic (exact) mass is 425 g/mol. The molecule has 1 saturated heterocycles. The van der Waals surface area contributed by atoms with Crippen LogP contribution in [0.15, 0.2) is 67.1 Å². The second-order valence-electron chi connectivity index (χ2n) is 7.33. The Labute approximate surface area is 183 Å². The van der Waals surface area contributed by atoms with Crippen LogP contribution in [0.1, 0.15) is 0 Å². The highest BCUT2D eigenvalue weighted by Gasteiger charge is 2.22. The fraction of sp³-hybridized carbons (Fsp3) is 0.182. The number of benzene rings is 1. The van der Waals surface area contributed by atoms with Crippen molar-refractivity contribution in [3.63, 3.8) is 0 Å². The van der Waals surface area contributed by atoms with Gasteiger partial charge in [0.25, 0.3) is 5.78 Å². The second-order valence-corrected chi connectivity index (χ2v) is 7.33. The molecule has 1 fully saturated rings. The van der Waals surface area contributed by atoms with Gasteiger partial charge in [0.05, 0.1) is 18.9 Å². The molecule has 0 aliphatic carbocycles. The highest BCUT2D eigenvalue weighted by molar-refractivity contribution is 5.61. The third kappa shape index (κ3) is 3.26. The van der Waals surface area contributed by atoms with Crippen molar-refractivity contribution >= 4 is 11.7 Å². The number of aromatic nitrogens is 8. The van der Waals surface area contributed by atoms with Crippen molar-refractivity contribution in [3.05, 3.63) is 67.1 Å². The number of anilines is 1. The summed E-state index contributed by atoms with van der Waals surface area (Å²) in [6.07, 6.45) is 5.34. The first-order valence-corrected chi connectivity index (χ1v) is 10.3. The molecule has 0 bridgehead atoms. The number of morpholine rings is 1.